The molecule has 0 aliphatic heterocycles. The van der Waals surface area contributed by atoms with Gasteiger partial charge in [-0.25, -0.2) is 0 Å². The van der Waals surface area contributed by atoms with Crippen LogP contribution in [0.2, 0.25) is 0 Å². The SMILES string of the molecule is Cn1nc(C(N)CCC(=O)O)c2c1CCCC2. The van der Waals surface area contributed by atoms with Crippen molar-refractivity contribution < 1.29 is 9.90 Å². The van der Waals surface area contributed by atoms with Crippen molar-refractivity contribution in [2.75, 3.05) is 0 Å². The molecule has 0 bridgehead atoms. The first kappa shape index (κ1) is 12.1. The highest BCUT2D eigenvalue weighted by Crippen LogP contribution is 2.28. The summed E-state index contributed by atoms with van der Waals surface area (Å²) in [6.45, 7) is 0. The summed E-state index contributed by atoms with van der Waals surface area (Å²) in [5, 5.41) is 13.1. The summed E-state index contributed by atoms with van der Waals surface area (Å²) in [7, 11) is 1.94. The smallest absolute Gasteiger partial charge is 0.303 e. The highest BCUT2D eigenvalue weighted by molar-refractivity contribution is 5.66. The second kappa shape index (κ2) is 4.87. The van der Waals surface area contributed by atoms with Crippen molar-refractivity contribution >= 4 is 5.97 Å². The van der Waals surface area contributed by atoms with E-state index < -0.39 is 5.97 Å². The van der Waals surface area contributed by atoms with E-state index in [0.717, 1.165) is 18.5 Å². The van der Waals surface area contributed by atoms with Gasteiger partial charge < -0.3 is 10.8 Å². The Kier molecular flexibility index (Phi) is 3.47. The highest BCUT2D eigenvalue weighted by atomic mass is 16.4. The molecule has 0 saturated carbocycles. The number of carboxylic acids is 1. The summed E-state index contributed by atoms with van der Waals surface area (Å²) < 4.78 is 1.91. The van der Waals surface area contributed by atoms with Crippen LogP contribution >= 0.6 is 0 Å². The minimum Gasteiger partial charge on any atom is -0.481 e. The summed E-state index contributed by atoms with van der Waals surface area (Å²) in [5.41, 5.74) is 9.48. The van der Waals surface area contributed by atoms with E-state index in [9.17, 15) is 4.79 Å². The number of aliphatic carboxylic acids is 1. The Morgan fingerprint density at radius 2 is 2.24 bits per heavy atom. The van der Waals surface area contributed by atoms with Crippen LogP contribution in [0.4, 0.5) is 0 Å². The maximum Gasteiger partial charge on any atom is 0.303 e. The van der Waals surface area contributed by atoms with Crippen LogP contribution in [-0.2, 0) is 24.7 Å². The molecule has 3 N–H and O–H groups in total. The molecule has 17 heavy (non-hydrogen) atoms. The second-order valence-electron chi connectivity index (χ2n) is 4.68. The number of carboxylic acid groups (broad SMARTS) is 1. The van der Waals surface area contributed by atoms with Crippen LogP contribution in [0.5, 0.6) is 0 Å². The number of aryl methyl sites for hydroxylation is 1. The third-order valence-corrected chi connectivity index (χ3v) is 3.42. The summed E-state index contributed by atoms with van der Waals surface area (Å²) in [6.07, 6.45) is 5.03. The maximum atomic E-state index is 10.5. The van der Waals surface area contributed by atoms with E-state index in [-0.39, 0.29) is 12.5 Å². The summed E-state index contributed by atoms with van der Waals surface area (Å²) >= 11 is 0. The molecule has 0 aromatic carbocycles. The number of nitrogens with two attached hydrogens (primary N) is 1. The van der Waals surface area contributed by atoms with Gasteiger partial charge in [-0.1, -0.05) is 0 Å². The summed E-state index contributed by atoms with van der Waals surface area (Å²) in [5.74, 6) is -0.801. The first-order valence-electron chi connectivity index (χ1n) is 6.11. The molecule has 0 spiro atoms. The van der Waals surface area contributed by atoms with Gasteiger partial charge in [-0.2, -0.15) is 5.10 Å². The molecule has 5 heteroatoms. The topological polar surface area (TPSA) is 81.1 Å². The molecule has 2 rings (SSSR count). The van der Waals surface area contributed by atoms with Gasteiger partial charge in [-0.3, -0.25) is 9.48 Å². The third kappa shape index (κ3) is 2.49. The van der Waals surface area contributed by atoms with Gasteiger partial charge in [0.15, 0.2) is 0 Å². The lowest BCUT2D eigenvalue weighted by Crippen LogP contribution is -2.15. The fraction of sp³-hybridized carbons (Fsp3) is 0.667. The predicted octanol–water partition coefficient (Wildman–Crippen LogP) is 1.16. The second-order valence-corrected chi connectivity index (χ2v) is 4.68. The van der Waals surface area contributed by atoms with Gasteiger partial charge in [0.25, 0.3) is 0 Å². The van der Waals surface area contributed by atoms with Gasteiger partial charge in [-0.15, -0.1) is 0 Å². The van der Waals surface area contributed by atoms with Crippen molar-refractivity contribution in [2.45, 2.75) is 44.6 Å². The minimum absolute atomic E-state index is 0.104. The number of hydrogen-bond donors (Lipinski definition) is 2. The molecule has 94 valence electrons. The number of aromatic nitrogens is 2. The van der Waals surface area contributed by atoms with Gasteiger partial charge in [-0.05, 0) is 37.7 Å². The number of fused-ring (bicyclic) bond motifs is 1. The molecular formula is C12H19N3O2. The van der Waals surface area contributed by atoms with E-state index in [1.54, 1.807) is 0 Å². The molecule has 5 nitrogen and oxygen atoms in total. The number of hydrogen-bond acceptors (Lipinski definition) is 3. The highest BCUT2D eigenvalue weighted by Gasteiger charge is 2.23. The van der Waals surface area contributed by atoms with E-state index in [1.807, 2.05) is 11.7 Å². The Balaban J connectivity index is 2.17. The Morgan fingerprint density at radius 3 is 2.94 bits per heavy atom. The monoisotopic (exact) mass is 237 g/mol. The van der Waals surface area contributed by atoms with Crippen molar-refractivity contribution in [1.29, 1.82) is 0 Å². The largest absolute Gasteiger partial charge is 0.481 e. The lowest BCUT2D eigenvalue weighted by atomic mass is 9.93. The van der Waals surface area contributed by atoms with Gasteiger partial charge in [0.2, 0.25) is 0 Å². The normalized spacial score (nSPS) is 16.6. The molecule has 1 unspecified atom stereocenters. The van der Waals surface area contributed by atoms with E-state index in [2.05, 4.69) is 5.10 Å². The Hall–Kier alpha value is -1.36. The molecule has 0 radical (unpaired) electrons. The van der Waals surface area contributed by atoms with Crippen LogP contribution < -0.4 is 5.73 Å². The third-order valence-electron chi connectivity index (χ3n) is 3.42. The van der Waals surface area contributed by atoms with Gasteiger partial charge in [0.1, 0.15) is 0 Å². The number of nitrogens with zero attached hydrogens (tertiary/aromatic N) is 2. The molecule has 0 saturated heterocycles. The molecular weight excluding hydrogens is 218 g/mol. The Morgan fingerprint density at radius 1 is 1.53 bits per heavy atom. The zero-order chi connectivity index (χ0) is 12.4. The lowest BCUT2D eigenvalue weighted by Gasteiger charge is -2.14. The fourth-order valence-electron chi connectivity index (χ4n) is 2.52. The first-order valence-corrected chi connectivity index (χ1v) is 6.11. The van der Waals surface area contributed by atoms with Crippen LogP contribution in [0.3, 0.4) is 0 Å². The van der Waals surface area contributed by atoms with Crippen molar-refractivity contribution in [3.63, 3.8) is 0 Å². The van der Waals surface area contributed by atoms with Crippen LogP contribution in [-0.4, -0.2) is 20.9 Å². The van der Waals surface area contributed by atoms with E-state index >= 15 is 0 Å². The number of rotatable bonds is 4. The average molecular weight is 237 g/mol. The van der Waals surface area contributed by atoms with Crippen LogP contribution in [0.25, 0.3) is 0 Å². The average Bonchev–Trinajstić information content (AvgIpc) is 2.65. The zero-order valence-corrected chi connectivity index (χ0v) is 10.1. The Labute approximate surface area is 101 Å². The molecule has 1 aromatic rings. The summed E-state index contributed by atoms with van der Waals surface area (Å²) in [6, 6.07) is -0.251. The standard InChI is InChI=1S/C12H19N3O2/c1-15-10-5-3-2-4-8(10)12(14-15)9(13)6-7-11(16)17/h9H,2-7,13H2,1H3,(H,16,17). The number of carbonyl (C=O) groups is 1. The van der Waals surface area contributed by atoms with Crippen molar-refractivity contribution in [2.24, 2.45) is 12.8 Å². The molecule has 1 aliphatic carbocycles. The van der Waals surface area contributed by atoms with Crippen LogP contribution in [0.15, 0.2) is 0 Å². The molecule has 1 atom stereocenters. The molecule has 1 aromatic heterocycles. The molecule has 1 aliphatic rings. The van der Waals surface area contributed by atoms with Gasteiger partial charge in [0, 0.05) is 25.2 Å². The van der Waals surface area contributed by atoms with Crippen molar-refractivity contribution in [1.82, 2.24) is 9.78 Å². The maximum absolute atomic E-state index is 10.5. The van der Waals surface area contributed by atoms with Crippen molar-refractivity contribution in [3.8, 4) is 0 Å². The van der Waals surface area contributed by atoms with Gasteiger partial charge in [0.05, 0.1) is 5.69 Å². The lowest BCUT2D eigenvalue weighted by molar-refractivity contribution is -0.137. The Bertz CT molecular complexity index is 426. The fourth-order valence-corrected chi connectivity index (χ4v) is 2.52. The summed E-state index contributed by atoms with van der Waals surface area (Å²) in [4.78, 5) is 10.5. The molecule has 0 fully saturated rings. The quantitative estimate of drug-likeness (QED) is 0.823. The minimum atomic E-state index is -0.801. The van der Waals surface area contributed by atoms with E-state index in [1.165, 1.54) is 24.1 Å². The van der Waals surface area contributed by atoms with Crippen molar-refractivity contribution in [3.05, 3.63) is 17.0 Å². The van der Waals surface area contributed by atoms with E-state index in [4.69, 9.17) is 10.8 Å². The first-order chi connectivity index (χ1) is 8.09. The van der Waals surface area contributed by atoms with Crippen LogP contribution in [0.1, 0.15) is 48.7 Å². The van der Waals surface area contributed by atoms with Gasteiger partial charge >= 0.3 is 5.97 Å². The zero-order valence-electron chi connectivity index (χ0n) is 10.1. The predicted molar refractivity (Wildman–Crippen MR) is 63.6 cm³/mol. The van der Waals surface area contributed by atoms with Crippen LogP contribution in [0, 0.1) is 0 Å². The molecule has 1 heterocycles. The molecule has 0 amide bonds. The van der Waals surface area contributed by atoms with E-state index in [0.29, 0.717) is 6.42 Å².